The molecular weight excluding hydrogens is 206 g/mol. The SMILES string of the molecule is CN1CCCC(CN)(N2CCSCC2)C1. The highest BCUT2D eigenvalue weighted by molar-refractivity contribution is 7.99. The van der Waals surface area contributed by atoms with Gasteiger partial charge in [-0.05, 0) is 26.4 Å². The first-order valence-electron chi connectivity index (χ1n) is 5.98. The molecule has 0 radical (unpaired) electrons. The molecule has 0 spiro atoms. The van der Waals surface area contributed by atoms with E-state index in [1.807, 2.05) is 0 Å². The molecule has 2 heterocycles. The largest absolute Gasteiger partial charge is 0.329 e. The van der Waals surface area contributed by atoms with E-state index in [1.165, 1.54) is 44.0 Å². The molecular formula is C11H23N3S. The zero-order valence-corrected chi connectivity index (χ0v) is 10.6. The summed E-state index contributed by atoms with van der Waals surface area (Å²) in [5.74, 6) is 2.57. The van der Waals surface area contributed by atoms with Crippen LogP contribution in [0.25, 0.3) is 0 Å². The molecule has 3 nitrogen and oxygen atoms in total. The third-order valence-electron chi connectivity index (χ3n) is 3.81. The Balaban J connectivity index is 2.04. The number of hydrogen-bond donors (Lipinski definition) is 1. The predicted octanol–water partition coefficient (Wildman–Crippen LogP) is 0.458. The molecule has 0 aromatic heterocycles. The lowest BCUT2D eigenvalue weighted by Crippen LogP contribution is -2.63. The van der Waals surface area contributed by atoms with Crippen LogP contribution < -0.4 is 5.73 Å². The van der Waals surface area contributed by atoms with E-state index >= 15 is 0 Å². The van der Waals surface area contributed by atoms with Gasteiger partial charge >= 0.3 is 0 Å². The summed E-state index contributed by atoms with van der Waals surface area (Å²) in [5, 5.41) is 0. The van der Waals surface area contributed by atoms with E-state index in [-0.39, 0.29) is 5.54 Å². The van der Waals surface area contributed by atoms with Gasteiger partial charge in [-0.2, -0.15) is 11.8 Å². The molecule has 2 aliphatic heterocycles. The fourth-order valence-electron chi connectivity index (χ4n) is 2.93. The Labute approximate surface area is 97.4 Å². The van der Waals surface area contributed by atoms with Crippen molar-refractivity contribution in [2.45, 2.75) is 18.4 Å². The molecule has 0 aromatic rings. The fraction of sp³-hybridized carbons (Fsp3) is 1.00. The maximum absolute atomic E-state index is 6.06. The molecule has 4 heteroatoms. The van der Waals surface area contributed by atoms with Crippen LogP contribution in [0.15, 0.2) is 0 Å². The number of hydrogen-bond acceptors (Lipinski definition) is 4. The molecule has 88 valence electrons. The van der Waals surface area contributed by atoms with Crippen LogP contribution in [0, 0.1) is 0 Å². The minimum Gasteiger partial charge on any atom is -0.329 e. The van der Waals surface area contributed by atoms with Gasteiger partial charge in [0.1, 0.15) is 0 Å². The Morgan fingerprint density at radius 2 is 2.00 bits per heavy atom. The molecule has 1 unspecified atom stereocenters. The second-order valence-electron chi connectivity index (χ2n) is 4.87. The molecule has 15 heavy (non-hydrogen) atoms. The molecule has 2 rings (SSSR count). The van der Waals surface area contributed by atoms with Crippen LogP contribution in [0.3, 0.4) is 0 Å². The molecule has 0 bridgehead atoms. The quantitative estimate of drug-likeness (QED) is 0.745. The van der Waals surface area contributed by atoms with Gasteiger partial charge in [-0.1, -0.05) is 0 Å². The minimum atomic E-state index is 0.286. The first kappa shape index (κ1) is 11.7. The molecule has 1 atom stereocenters. The van der Waals surface area contributed by atoms with Gasteiger partial charge < -0.3 is 10.6 Å². The molecule has 2 N–H and O–H groups in total. The van der Waals surface area contributed by atoms with E-state index in [1.54, 1.807) is 0 Å². The first-order chi connectivity index (χ1) is 7.27. The van der Waals surface area contributed by atoms with Crippen molar-refractivity contribution >= 4 is 11.8 Å². The number of likely N-dealkylation sites (N-methyl/N-ethyl adjacent to an activating group) is 1. The number of thioether (sulfide) groups is 1. The normalized spacial score (nSPS) is 35.6. The molecule has 0 saturated carbocycles. The van der Waals surface area contributed by atoms with E-state index in [4.69, 9.17) is 5.73 Å². The van der Waals surface area contributed by atoms with Crippen molar-refractivity contribution in [1.82, 2.24) is 9.80 Å². The Morgan fingerprint density at radius 3 is 2.60 bits per heavy atom. The van der Waals surface area contributed by atoms with Crippen LogP contribution in [-0.2, 0) is 0 Å². The summed E-state index contributed by atoms with van der Waals surface area (Å²) in [6.45, 7) is 5.69. The fourth-order valence-corrected chi connectivity index (χ4v) is 3.83. The van der Waals surface area contributed by atoms with Gasteiger partial charge in [-0.3, -0.25) is 4.90 Å². The smallest absolute Gasteiger partial charge is 0.0459 e. The van der Waals surface area contributed by atoms with Crippen LogP contribution in [0.2, 0.25) is 0 Å². The topological polar surface area (TPSA) is 32.5 Å². The monoisotopic (exact) mass is 229 g/mol. The zero-order chi connectivity index (χ0) is 10.7. The summed E-state index contributed by atoms with van der Waals surface area (Å²) in [5.41, 5.74) is 6.34. The van der Waals surface area contributed by atoms with Gasteiger partial charge in [0.2, 0.25) is 0 Å². The van der Waals surface area contributed by atoms with E-state index < -0.39 is 0 Å². The average molecular weight is 229 g/mol. The number of piperidine rings is 1. The Bertz CT molecular complexity index is 206. The molecule has 2 fully saturated rings. The third-order valence-corrected chi connectivity index (χ3v) is 4.75. The standard InChI is InChI=1S/C11H23N3S/c1-13-4-2-3-11(9-12,10-13)14-5-7-15-8-6-14/h2-10,12H2,1H3. The number of likely N-dealkylation sites (tertiary alicyclic amines) is 1. The van der Waals surface area contributed by atoms with Gasteiger partial charge in [-0.25, -0.2) is 0 Å². The molecule has 2 saturated heterocycles. The van der Waals surface area contributed by atoms with Gasteiger partial charge in [0.25, 0.3) is 0 Å². The van der Waals surface area contributed by atoms with Gasteiger partial charge in [-0.15, -0.1) is 0 Å². The van der Waals surface area contributed by atoms with E-state index in [0.717, 1.165) is 13.1 Å². The van der Waals surface area contributed by atoms with Crippen molar-refractivity contribution < 1.29 is 0 Å². The van der Waals surface area contributed by atoms with Crippen LogP contribution >= 0.6 is 11.8 Å². The number of nitrogens with two attached hydrogens (primary N) is 1. The van der Waals surface area contributed by atoms with Crippen molar-refractivity contribution in [2.75, 3.05) is 51.3 Å². The highest BCUT2D eigenvalue weighted by Crippen LogP contribution is 2.28. The second kappa shape index (κ2) is 5.04. The highest BCUT2D eigenvalue weighted by atomic mass is 32.2. The molecule has 2 aliphatic rings. The van der Waals surface area contributed by atoms with Crippen LogP contribution in [0.4, 0.5) is 0 Å². The highest BCUT2D eigenvalue weighted by Gasteiger charge is 2.38. The van der Waals surface area contributed by atoms with Crippen molar-refractivity contribution in [3.8, 4) is 0 Å². The third kappa shape index (κ3) is 2.49. The van der Waals surface area contributed by atoms with Crippen LogP contribution in [-0.4, -0.2) is 66.6 Å². The van der Waals surface area contributed by atoms with Crippen LogP contribution in [0.5, 0.6) is 0 Å². The summed E-state index contributed by atoms with van der Waals surface area (Å²) in [6.07, 6.45) is 2.59. The molecule has 0 amide bonds. The molecule has 0 aromatic carbocycles. The molecule has 0 aliphatic carbocycles. The second-order valence-corrected chi connectivity index (χ2v) is 6.09. The van der Waals surface area contributed by atoms with Crippen molar-refractivity contribution in [3.05, 3.63) is 0 Å². The zero-order valence-electron chi connectivity index (χ0n) is 9.74. The predicted molar refractivity (Wildman–Crippen MR) is 67.4 cm³/mol. The summed E-state index contributed by atoms with van der Waals surface area (Å²) >= 11 is 2.08. The van der Waals surface area contributed by atoms with Crippen molar-refractivity contribution in [1.29, 1.82) is 0 Å². The summed E-state index contributed by atoms with van der Waals surface area (Å²) in [6, 6.07) is 0. The minimum absolute atomic E-state index is 0.286. The van der Waals surface area contributed by atoms with E-state index in [0.29, 0.717) is 0 Å². The van der Waals surface area contributed by atoms with Gasteiger partial charge in [0, 0.05) is 43.2 Å². The number of nitrogens with zero attached hydrogens (tertiary/aromatic N) is 2. The number of rotatable bonds is 2. The lowest BCUT2D eigenvalue weighted by atomic mass is 9.87. The Morgan fingerprint density at radius 1 is 1.27 bits per heavy atom. The Kier molecular flexibility index (Phi) is 3.93. The summed E-state index contributed by atoms with van der Waals surface area (Å²) in [4.78, 5) is 5.09. The van der Waals surface area contributed by atoms with Crippen LogP contribution in [0.1, 0.15) is 12.8 Å². The maximum Gasteiger partial charge on any atom is 0.0459 e. The van der Waals surface area contributed by atoms with Crippen molar-refractivity contribution in [2.24, 2.45) is 5.73 Å². The summed E-state index contributed by atoms with van der Waals surface area (Å²) in [7, 11) is 2.22. The van der Waals surface area contributed by atoms with Gasteiger partial charge in [0.05, 0.1) is 0 Å². The maximum atomic E-state index is 6.06. The van der Waals surface area contributed by atoms with E-state index in [2.05, 4.69) is 28.6 Å². The first-order valence-corrected chi connectivity index (χ1v) is 7.14. The lowest BCUT2D eigenvalue weighted by Gasteiger charge is -2.49. The van der Waals surface area contributed by atoms with Crippen molar-refractivity contribution in [3.63, 3.8) is 0 Å². The Hall–Kier alpha value is 0.230. The van der Waals surface area contributed by atoms with Gasteiger partial charge in [0.15, 0.2) is 0 Å². The lowest BCUT2D eigenvalue weighted by molar-refractivity contribution is 0.0330. The summed E-state index contributed by atoms with van der Waals surface area (Å²) < 4.78 is 0. The average Bonchev–Trinajstić information content (AvgIpc) is 2.30. The van der Waals surface area contributed by atoms with E-state index in [9.17, 15) is 0 Å².